The van der Waals surface area contributed by atoms with Gasteiger partial charge in [0, 0.05) is 20.4 Å². The number of rotatable bonds is 6. The predicted molar refractivity (Wildman–Crippen MR) is 101 cm³/mol. The maximum atomic E-state index is 12.6. The number of thioether (sulfide) groups is 1. The third-order valence-electron chi connectivity index (χ3n) is 3.40. The van der Waals surface area contributed by atoms with Crippen LogP contribution < -0.4 is 5.32 Å². The van der Waals surface area contributed by atoms with Crippen LogP contribution in [0.25, 0.3) is 0 Å². The topological polar surface area (TPSA) is 29.1 Å². The summed E-state index contributed by atoms with van der Waals surface area (Å²) in [6, 6.07) is 16.1. The second-order valence-electron chi connectivity index (χ2n) is 5.07. The van der Waals surface area contributed by atoms with Gasteiger partial charge in [-0.1, -0.05) is 24.3 Å². The first-order chi connectivity index (χ1) is 11.2. The van der Waals surface area contributed by atoms with Crippen LogP contribution in [0.5, 0.6) is 0 Å². The van der Waals surface area contributed by atoms with Crippen molar-refractivity contribution in [3.63, 3.8) is 0 Å². The van der Waals surface area contributed by atoms with Gasteiger partial charge in [0.15, 0.2) is 0 Å². The van der Waals surface area contributed by atoms with Crippen molar-refractivity contribution >= 4 is 40.3 Å². The first kappa shape index (κ1) is 16.3. The lowest BCUT2D eigenvalue weighted by Gasteiger charge is -2.14. The number of hydrogen-bond acceptors (Lipinski definition) is 4. The molecule has 0 spiro atoms. The van der Waals surface area contributed by atoms with Crippen molar-refractivity contribution in [2.75, 3.05) is 0 Å². The fourth-order valence-corrected chi connectivity index (χ4v) is 4.76. The SMILES string of the molecule is C[C@H](NC(=O)c1ccccc1SCc1cccs1)c1cccs1. The van der Waals surface area contributed by atoms with E-state index in [1.165, 1.54) is 9.75 Å². The number of carbonyl (C=O) groups is 1. The van der Waals surface area contributed by atoms with Gasteiger partial charge in [0.25, 0.3) is 5.91 Å². The summed E-state index contributed by atoms with van der Waals surface area (Å²) in [5.74, 6) is 0.878. The van der Waals surface area contributed by atoms with E-state index in [2.05, 4.69) is 22.8 Å². The second-order valence-corrected chi connectivity index (χ2v) is 8.10. The van der Waals surface area contributed by atoms with Crippen LogP contribution in [0.2, 0.25) is 0 Å². The molecular weight excluding hydrogens is 342 g/mol. The Morgan fingerprint density at radius 2 is 1.87 bits per heavy atom. The van der Waals surface area contributed by atoms with Crippen molar-refractivity contribution in [2.24, 2.45) is 0 Å². The van der Waals surface area contributed by atoms with Gasteiger partial charge in [0.05, 0.1) is 11.6 Å². The lowest BCUT2D eigenvalue weighted by Crippen LogP contribution is -2.26. The van der Waals surface area contributed by atoms with Gasteiger partial charge < -0.3 is 5.32 Å². The van der Waals surface area contributed by atoms with Crippen LogP contribution in [0.1, 0.15) is 33.1 Å². The second kappa shape index (κ2) is 7.81. The number of benzene rings is 1. The zero-order valence-corrected chi connectivity index (χ0v) is 15.1. The van der Waals surface area contributed by atoms with Gasteiger partial charge in [-0.3, -0.25) is 4.79 Å². The smallest absolute Gasteiger partial charge is 0.252 e. The molecule has 2 aromatic heterocycles. The van der Waals surface area contributed by atoms with Crippen molar-refractivity contribution in [1.29, 1.82) is 0 Å². The Bertz CT molecular complexity index is 750. The first-order valence-electron chi connectivity index (χ1n) is 7.32. The molecule has 1 N–H and O–H groups in total. The molecule has 0 unspecified atom stereocenters. The average Bonchev–Trinajstić information content (AvgIpc) is 3.26. The lowest BCUT2D eigenvalue weighted by atomic mass is 10.2. The van der Waals surface area contributed by atoms with E-state index in [4.69, 9.17) is 0 Å². The third-order valence-corrected chi connectivity index (χ3v) is 6.64. The maximum Gasteiger partial charge on any atom is 0.252 e. The standard InChI is InChI=1S/C18H17NOS3/c1-13(16-9-5-11-22-16)19-18(20)15-7-2-3-8-17(15)23-12-14-6-4-10-21-14/h2-11,13H,12H2,1H3,(H,19,20)/t13-/m0/s1. The van der Waals surface area contributed by atoms with E-state index in [1.54, 1.807) is 34.4 Å². The molecule has 0 saturated heterocycles. The van der Waals surface area contributed by atoms with E-state index in [9.17, 15) is 4.79 Å². The molecule has 3 aromatic rings. The highest BCUT2D eigenvalue weighted by molar-refractivity contribution is 7.98. The molecule has 0 aliphatic rings. The largest absolute Gasteiger partial charge is 0.345 e. The normalized spacial score (nSPS) is 12.0. The van der Waals surface area contributed by atoms with Gasteiger partial charge in [-0.25, -0.2) is 0 Å². The van der Waals surface area contributed by atoms with E-state index in [0.29, 0.717) is 0 Å². The first-order valence-corrected chi connectivity index (χ1v) is 10.1. The summed E-state index contributed by atoms with van der Waals surface area (Å²) >= 11 is 5.12. The van der Waals surface area contributed by atoms with Crippen molar-refractivity contribution in [3.05, 3.63) is 74.6 Å². The number of nitrogens with one attached hydrogen (secondary N) is 1. The quantitative estimate of drug-likeness (QED) is 0.581. The Hall–Kier alpha value is -1.56. The van der Waals surface area contributed by atoms with Crippen LogP contribution in [0.15, 0.2) is 64.2 Å². The van der Waals surface area contributed by atoms with Gasteiger partial charge >= 0.3 is 0 Å². The van der Waals surface area contributed by atoms with Crippen LogP contribution in [-0.4, -0.2) is 5.91 Å². The van der Waals surface area contributed by atoms with E-state index < -0.39 is 0 Å². The summed E-state index contributed by atoms with van der Waals surface area (Å²) in [7, 11) is 0. The monoisotopic (exact) mass is 359 g/mol. The highest BCUT2D eigenvalue weighted by Gasteiger charge is 2.15. The highest BCUT2D eigenvalue weighted by Crippen LogP contribution is 2.28. The molecule has 1 amide bonds. The van der Waals surface area contributed by atoms with E-state index in [-0.39, 0.29) is 11.9 Å². The Labute approximate surface area is 148 Å². The lowest BCUT2D eigenvalue weighted by molar-refractivity contribution is 0.0937. The zero-order chi connectivity index (χ0) is 16.1. The molecule has 1 atom stereocenters. The van der Waals surface area contributed by atoms with Gasteiger partial charge in [-0.2, -0.15) is 0 Å². The van der Waals surface area contributed by atoms with E-state index >= 15 is 0 Å². The van der Waals surface area contributed by atoms with Crippen molar-refractivity contribution in [1.82, 2.24) is 5.32 Å². The van der Waals surface area contributed by atoms with Crippen LogP contribution >= 0.6 is 34.4 Å². The fraction of sp³-hybridized carbons (Fsp3) is 0.167. The summed E-state index contributed by atoms with van der Waals surface area (Å²) in [5.41, 5.74) is 0.748. The van der Waals surface area contributed by atoms with Gasteiger partial charge in [-0.05, 0) is 41.9 Å². The zero-order valence-electron chi connectivity index (χ0n) is 12.7. The summed E-state index contributed by atoms with van der Waals surface area (Å²) < 4.78 is 0. The molecular formula is C18H17NOS3. The van der Waals surface area contributed by atoms with Crippen LogP contribution in [0.4, 0.5) is 0 Å². The van der Waals surface area contributed by atoms with Crippen LogP contribution in [-0.2, 0) is 5.75 Å². The number of carbonyl (C=O) groups excluding carboxylic acids is 1. The van der Waals surface area contributed by atoms with Gasteiger partial charge in [0.1, 0.15) is 0 Å². The molecule has 0 bridgehead atoms. The highest BCUT2D eigenvalue weighted by atomic mass is 32.2. The van der Waals surface area contributed by atoms with Crippen LogP contribution in [0, 0.1) is 0 Å². The molecule has 118 valence electrons. The van der Waals surface area contributed by atoms with E-state index in [0.717, 1.165) is 16.2 Å². The molecule has 3 rings (SSSR count). The minimum atomic E-state index is -0.0137. The third kappa shape index (κ3) is 4.25. The number of hydrogen-bond donors (Lipinski definition) is 1. The van der Waals surface area contributed by atoms with Crippen LogP contribution in [0.3, 0.4) is 0 Å². The summed E-state index contributed by atoms with van der Waals surface area (Å²) in [6.45, 7) is 2.02. The molecule has 0 saturated carbocycles. The van der Waals surface area contributed by atoms with Crippen molar-refractivity contribution in [3.8, 4) is 0 Å². The Morgan fingerprint density at radius 1 is 1.09 bits per heavy atom. The summed E-state index contributed by atoms with van der Waals surface area (Å²) in [5, 5.41) is 7.20. The van der Waals surface area contributed by atoms with Gasteiger partial charge in [-0.15, -0.1) is 34.4 Å². The molecule has 0 fully saturated rings. The Balaban J connectivity index is 1.70. The molecule has 0 aliphatic heterocycles. The minimum absolute atomic E-state index is 0.0137. The fourth-order valence-electron chi connectivity index (χ4n) is 2.21. The predicted octanol–water partition coefficient (Wildman–Crippen LogP) is 5.59. The Kier molecular flexibility index (Phi) is 5.54. The maximum absolute atomic E-state index is 12.6. The summed E-state index contributed by atoms with van der Waals surface area (Å²) in [6.07, 6.45) is 0. The molecule has 2 nitrogen and oxygen atoms in total. The number of thiophene rings is 2. The number of amides is 1. The van der Waals surface area contributed by atoms with E-state index in [1.807, 2.05) is 48.7 Å². The van der Waals surface area contributed by atoms with Crippen molar-refractivity contribution < 1.29 is 4.79 Å². The van der Waals surface area contributed by atoms with Gasteiger partial charge in [0.2, 0.25) is 0 Å². The van der Waals surface area contributed by atoms with Crippen molar-refractivity contribution in [2.45, 2.75) is 23.6 Å². The molecule has 5 heteroatoms. The molecule has 23 heavy (non-hydrogen) atoms. The molecule has 0 radical (unpaired) electrons. The summed E-state index contributed by atoms with van der Waals surface area (Å²) in [4.78, 5) is 16.1. The Morgan fingerprint density at radius 3 is 2.61 bits per heavy atom. The molecule has 1 aromatic carbocycles. The molecule has 0 aliphatic carbocycles. The minimum Gasteiger partial charge on any atom is -0.345 e. The molecule has 2 heterocycles. The average molecular weight is 360 g/mol.